The predicted octanol–water partition coefficient (Wildman–Crippen LogP) is 0.924. The van der Waals surface area contributed by atoms with E-state index in [4.69, 9.17) is 0 Å². The second-order valence-corrected chi connectivity index (χ2v) is 8.95. The highest BCUT2D eigenvalue weighted by Gasteiger charge is 2.28. The highest BCUT2D eigenvalue weighted by atomic mass is 28.3. The van der Waals surface area contributed by atoms with Crippen molar-refractivity contribution in [1.82, 2.24) is 4.65 Å². The van der Waals surface area contributed by atoms with Crippen LogP contribution in [0.5, 0.6) is 0 Å². The number of hydrogen-bond acceptors (Lipinski definition) is 3. The van der Waals surface area contributed by atoms with Crippen molar-refractivity contribution < 1.29 is 27.0 Å². The van der Waals surface area contributed by atoms with Crippen LogP contribution in [0.4, 0.5) is 17.6 Å². The molecule has 0 fully saturated rings. The Labute approximate surface area is 116 Å². The Morgan fingerprint density at radius 1 is 0.842 bits per heavy atom. The van der Waals surface area contributed by atoms with Gasteiger partial charge >= 0.3 is 0 Å². The maximum absolute atomic E-state index is 13.0. The molecule has 0 aromatic carbocycles. The molecule has 0 aromatic rings. The van der Waals surface area contributed by atoms with E-state index in [-0.39, 0.29) is 12.8 Å². The SMILES string of the molecule is COCC(F)(F)CC[SiH2]N[SiH2]CCC(F)(F)COC. The van der Waals surface area contributed by atoms with Crippen molar-refractivity contribution in [3.05, 3.63) is 0 Å². The van der Waals surface area contributed by atoms with Crippen LogP contribution in [-0.4, -0.2) is 58.6 Å². The molecule has 0 saturated heterocycles. The summed E-state index contributed by atoms with van der Waals surface area (Å²) < 4.78 is 64.0. The first kappa shape index (κ1) is 19.0. The van der Waals surface area contributed by atoms with E-state index in [1.54, 1.807) is 0 Å². The molecule has 3 nitrogen and oxygen atoms in total. The van der Waals surface area contributed by atoms with Crippen molar-refractivity contribution in [3.63, 3.8) is 0 Å². The van der Waals surface area contributed by atoms with Gasteiger partial charge in [-0.1, -0.05) is 0 Å². The van der Waals surface area contributed by atoms with Gasteiger partial charge in [0.2, 0.25) is 0 Å². The van der Waals surface area contributed by atoms with Crippen molar-refractivity contribution in [2.24, 2.45) is 0 Å². The number of rotatable bonds is 12. The molecular formula is C10H23F4NO2Si2. The Balaban J connectivity index is 3.46. The normalized spacial score (nSPS) is 14.2. The van der Waals surface area contributed by atoms with E-state index in [1.165, 1.54) is 14.2 Å². The topological polar surface area (TPSA) is 30.5 Å². The van der Waals surface area contributed by atoms with Crippen molar-refractivity contribution in [2.75, 3.05) is 27.4 Å². The van der Waals surface area contributed by atoms with Gasteiger partial charge in [-0.15, -0.1) is 0 Å². The van der Waals surface area contributed by atoms with Gasteiger partial charge in [-0.3, -0.25) is 0 Å². The van der Waals surface area contributed by atoms with E-state index >= 15 is 0 Å². The average Bonchev–Trinajstić information content (AvgIpc) is 2.27. The standard InChI is InChI=1S/C10H23F4NO2Si2/c1-16-7-9(11,12)3-5-18-15-19-6-4-10(13,14)8-17-2/h15H,3-8,18-19H2,1-2H3. The van der Waals surface area contributed by atoms with Crippen LogP contribution in [0.3, 0.4) is 0 Å². The van der Waals surface area contributed by atoms with Crippen LogP contribution >= 0.6 is 0 Å². The summed E-state index contributed by atoms with van der Waals surface area (Å²) in [6.07, 6.45) is -0.372. The molecule has 0 spiro atoms. The third kappa shape index (κ3) is 11.6. The molecule has 9 heteroatoms. The molecule has 19 heavy (non-hydrogen) atoms. The van der Waals surface area contributed by atoms with Crippen LogP contribution in [0.1, 0.15) is 12.8 Å². The lowest BCUT2D eigenvalue weighted by molar-refractivity contribution is -0.0663. The van der Waals surface area contributed by atoms with E-state index in [9.17, 15) is 17.6 Å². The second-order valence-electron chi connectivity index (χ2n) is 4.54. The highest BCUT2D eigenvalue weighted by Crippen LogP contribution is 2.21. The number of methoxy groups -OCH3 is 2. The van der Waals surface area contributed by atoms with E-state index in [2.05, 4.69) is 14.1 Å². The Kier molecular flexibility index (Phi) is 9.88. The molecule has 0 aliphatic rings. The average molecular weight is 321 g/mol. The van der Waals surface area contributed by atoms with Gasteiger partial charge in [-0.25, -0.2) is 17.6 Å². The Bertz CT molecular complexity index is 214. The third-order valence-electron chi connectivity index (χ3n) is 2.50. The van der Waals surface area contributed by atoms with Gasteiger partial charge in [0.1, 0.15) is 13.2 Å². The minimum atomic E-state index is -2.77. The molecular weight excluding hydrogens is 298 g/mol. The monoisotopic (exact) mass is 321 g/mol. The first-order valence-electron chi connectivity index (χ1n) is 6.27. The van der Waals surface area contributed by atoms with Gasteiger partial charge in [0, 0.05) is 27.1 Å². The minimum absolute atomic E-state index is 0.186. The van der Waals surface area contributed by atoms with Crippen LogP contribution in [0.15, 0.2) is 0 Å². The van der Waals surface area contributed by atoms with Gasteiger partial charge in [0.25, 0.3) is 11.8 Å². The highest BCUT2D eigenvalue weighted by molar-refractivity contribution is 6.50. The smallest absolute Gasteiger partial charge is 0.270 e. The van der Waals surface area contributed by atoms with Gasteiger partial charge < -0.3 is 14.1 Å². The van der Waals surface area contributed by atoms with Crippen LogP contribution in [0, 0.1) is 0 Å². The molecule has 0 atom stereocenters. The van der Waals surface area contributed by atoms with E-state index < -0.39 is 44.4 Å². The summed E-state index contributed by atoms with van der Waals surface area (Å²) in [5.41, 5.74) is 0. The number of ether oxygens (including phenoxy) is 2. The summed E-state index contributed by atoms with van der Waals surface area (Å²) in [6, 6.07) is 0.912. The summed E-state index contributed by atoms with van der Waals surface area (Å²) in [6.45, 7) is -1.11. The fourth-order valence-electron chi connectivity index (χ4n) is 1.64. The summed E-state index contributed by atoms with van der Waals surface area (Å²) in [5.74, 6) is -5.53. The maximum Gasteiger partial charge on any atom is 0.270 e. The van der Waals surface area contributed by atoms with Crippen molar-refractivity contribution >= 4 is 19.4 Å². The lowest BCUT2D eigenvalue weighted by Gasteiger charge is -2.16. The van der Waals surface area contributed by atoms with Crippen molar-refractivity contribution in [1.29, 1.82) is 0 Å². The van der Waals surface area contributed by atoms with E-state index in [0.717, 1.165) is 0 Å². The number of nitrogens with one attached hydrogen (secondary N) is 1. The Morgan fingerprint density at radius 2 is 1.21 bits per heavy atom. The predicted molar refractivity (Wildman–Crippen MR) is 72.7 cm³/mol. The van der Waals surface area contributed by atoms with Crippen molar-refractivity contribution in [3.8, 4) is 0 Å². The van der Waals surface area contributed by atoms with Crippen LogP contribution in [0.2, 0.25) is 12.1 Å². The van der Waals surface area contributed by atoms with Gasteiger partial charge in [-0.2, -0.15) is 0 Å². The number of alkyl halides is 4. The first-order valence-corrected chi connectivity index (χ1v) is 9.69. The Morgan fingerprint density at radius 3 is 1.53 bits per heavy atom. The summed E-state index contributed by atoms with van der Waals surface area (Å²) >= 11 is 0. The third-order valence-corrected chi connectivity index (χ3v) is 6.75. The van der Waals surface area contributed by atoms with Crippen LogP contribution < -0.4 is 4.65 Å². The fourth-order valence-corrected chi connectivity index (χ4v) is 6.02. The number of hydrogen-bond donors (Lipinski definition) is 1. The van der Waals surface area contributed by atoms with Gasteiger partial charge in [0.15, 0.2) is 0 Å². The molecule has 0 unspecified atom stereocenters. The zero-order valence-corrected chi connectivity index (χ0v) is 14.3. The summed E-state index contributed by atoms with van der Waals surface area (Å²) in [5, 5.41) is 0. The van der Waals surface area contributed by atoms with Gasteiger partial charge in [0.05, 0.1) is 19.4 Å². The summed E-state index contributed by atoms with van der Waals surface area (Å²) in [7, 11) is 0.971. The zero-order chi connectivity index (χ0) is 14.8. The first-order chi connectivity index (χ1) is 8.83. The number of halogens is 4. The lowest BCUT2D eigenvalue weighted by atomic mass is 10.3. The van der Waals surface area contributed by atoms with E-state index in [0.29, 0.717) is 12.1 Å². The van der Waals surface area contributed by atoms with Crippen molar-refractivity contribution in [2.45, 2.75) is 36.8 Å². The Hall–Kier alpha value is 0.0338. The molecule has 0 bridgehead atoms. The molecule has 0 rings (SSSR count). The van der Waals surface area contributed by atoms with Crippen LogP contribution in [0.25, 0.3) is 0 Å². The molecule has 1 N–H and O–H groups in total. The molecule has 0 saturated carbocycles. The quantitative estimate of drug-likeness (QED) is 0.329. The van der Waals surface area contributed by atoms with Crippen LogP contribution in [-0.2, 0) is 9.47 Å². The molecule has 0 aromatic heterocycles. The van der Waals surface area contributed by atoms with Gasteiger partial charge in [-0.05, 0) is 12.1 Å². The molecule has 0 heterocycles. The lowest BCUT2D eigenvalue weighted by Crippen LogP contribution is -2.30. The molecule has 0 amide bonds. The molecule has 0 radical (unpaired) electrons. The summed E-state index contributed by atoms with van der Waals surface area (Å²) in [4.78, 5) is 0. The maximum atomic E-state index is 13.0. The molecule has 0 aliphatic heterocycles. The largest absolute Gasteiger partial charge is 0.378 e. The van der Waals surface area contributed by atoms with E-state index in [1.807, 2.05) is 0 Å². The fraction of sp³-hybridized carbons (Fsp3) is 1.00. The molecule has 0 aliphatic carbocycles. The zero-order valence-electron chi connectivity index (χ0n) is 11.5. The second kappa shape index (κ2) is 9.86. The minimum Gasteiger partial charge on any atom is -0.378 e. The molecule has 116 valence electrons.